The molecule has 0 radical (unpaired) electrons. The molecule has 0 saturated heterocycles. The van der Waals surface area contributed by atoms with Gasteiger partial charge in [-0.3, -0.25) is 4.98 Å². The first kappa shape index (κ1) is 18.3. The summed E-state index contributed by atoms with van der Waals surface area (Å²) in [5.74, 6) is 1.33. The zero-order valence-electron chi connectivity index (χ0n) is 15.0. The summed E-state index contributed by atoms with van der Waals surface area (Å²) < 4.78 is 0. The molecule has 1 unspecified atom stereocenters. The van der Waals surface area contributed by atoms with Crippen molar-refractivity contribution in [1.82, 2.24) is 15.0 Å². The third kappa shape index (κ3) is 4.00. The lowest BCUT2D eigenvalue weighted by molar-refractivity contribution is 0.0714. The Morgan fingerprint density at radius 3 is 2.54 bits per heavy atom. The van der Waals surface area contributed by atoms with E-state index in [-0.39, 0.29) is 0 Å². The van der Waals surface area contributed by atoms with E-state index < -0.39 is 5.60 Å². The highest BCUT2D eigenvalue weighted by Gasteiger charge is 2.24. The molecular weight excluding hydrogens is 348 g/mol. The number of halogens is 1. The predicted octanol–water partition coefficient (Wildman–Crippen LogP) is 4.13. The normalized spacial score (nSPS) is 13.3. The molecule has 0 fully saturated rings. The summed E-state index contributed by atoms with van der Waals surface area (Å²) in [5.41, 5.74) is 2.39. The SMILES string of the molecule is Cc1nc(-c2ccncc2)nc(NCC(C)(O)c2cccc(Cl)c2)c1C. The monoisotopic (exact) mass is 368 g/mol. The highest BCUT2D eigenvalue weighted by atomic mass is 35.5. The lowest BCUT2D eigenvalue weighted by Gasteiger charge is -2.25. The molecule has 1 atom stereocenters. The van der Waals surface area contributed by atoms with Gasteiger partial charge >= 0.3 is 0 Å². The van der Waals surface area contributed by atoms with E-state index in [0.717, 1.165) is 22.4 Å². The first-order valence-electron chi connectivity index (χ1n) is 8.35. The zero-order valence-corrected chi connectivity index (χ0v) is 15.7. The highest BCUT2D eigenvalue weighted by molar-refractivity contribution is 6.30. The minimum atomic E-state index is -1.09. The molecule has 6 heteroatoms. The number of anilines is 1. The van der Waals surface area contributed by atoms with E-state index in [4.69, 9.17) is 11.6 Å². The quantitative estimate of drug-likeness (QED) is 0.708. The van der Waals surface area contributed by atoms with Crippen LogP contribution in [0.3, 0.4) is 0 Å². The maximum absolute atomic E-state index is 10.8. The molecule has 26 heavy (non-hydrogen) atoms. The molecule has 0 bridgehead atoms. The summed E-state index contributed by atoms with van der Waals surface area (Å²) in [4.78, 5) is 13.2. The van der Waals surface area contributed by atoms with Gasteiger partial charge < -0.3 is 10.4 Å². The maximum Gasteiger partial charge on any atom is 0.161 e. The zero-order chi connectivity index (χ0) is 18.7. The van der Waals surface area contributed by atoms with E-state index in [1.165, 1.54) is 0 Å². The molecule has 1 aromatic carbocycles. The van der Waals surface area contributed by atoms with Crippen molar-refractivity contribution in [3.63, 3.8) is 0 Å². The predicted molar refractivity (Wildman–Crippen MR) is 104 cm³/mol. The number of hydrogen-bond donors (Lipinski definition) is 2. The topological polar surface area (TPSA) is 70.9 Å². The number of pyridine rings is 1. The van der Waals surface area contributed by atoms with Crippen LogP contribution < -0.4 is 5.32 Å². The van der Waals surface area contributed by atoms with E-state index in [2.05, 4.69) is 20.3 Å². The molecule has 134 valence electrons. The van der Waals surface area contributed by atoms with E-state index in [1.54, 1.807) is 31.5 Å². The molecule has 2 aromatic heterocycles. The number of nitrogens with one attached hydrogen (secondary N) is 1. The van der Waals surface area contributed by atoms with Crippen molar-refractivity contribution in [2.75, 3.05) is 11.9 Å². The molecule has 5 nitrogen and oxygen atoms in total. The molecular formula is C20H21ClN4O. The molecule has 2 heterocycles. The van der Waals surface area contributed by atoms with Gasteiger partial charge in [-0.1, -0.05) is 23.7 Å². The van der Waals surface area contributed by atoms with Crippen LogP contribution in [0.15, 0.2) is 48.8 Å². The van der Waals surface area contributed by atoms with Gasteiger partial charge in [0, 0.05) is 40.8 Å². The van der Waals surface area contributed by atoms with Crippen LogP contribution in [-0.4, -0.2) is 26.6 Å². The molecule has 0 saturated carbocycles. The Morgan fingerprint density at radius 2 is 1.85 bits per heavy atom. The van der Waals surface area contributed by atoms with Crippen LogP contribution >= 0.6 is 11.6 Å². The summed E-state index contributed by atoms with van der Waals surface area (Å²) in [7, 11) is 0. The van der Waals surface area contributed by atoms with Gasteiger partial charge in [0.2, 0.25) is 0 Å². The average Bonchev–Trinajstić information content (AvgIpc) is 2.63. The van der Waals surface area contributed by atoms with Gasteiger partial charge in [0.25, 0.3) is 0 Å². The van der Waals surface area contributed by atoms with Gasteiger partial charge in [0.1, 0.15) is 11.4 Å². The van der Waals surface area contributed by atoms with Crippen molar-refractivity contribution in [2.45, 2.75) is 26.4 Å². The summed E-state index contributed by atoms with van der Waals surface area (Å²) in [6.07, 6.45) is 3.43. The second kappa shape index (κ2) is 7.40. The molecule has 3 rings (SSSR count). The Morgan fingerprint density at radius 1 is 1.12 bits per heavy atom. The van der Waals surface area contributed by atoms with Crippen LogP contribution in [0.5, 0.6) is 0 Å². The van der Waals surface area contributed by atoms with Gasteiger partial charge in [0.05, 0.1) is 0 Å². The van der Waals surface area contributed by atoms with Gasteiger partial charge in [-0.25, -0.2) is 9.97 Å². The number of rotatable bonds is 5. The third-order valence-corrected chi connectivity index (χ3v) is 4.61. The van der Waals surface area contributed by atoms with Gasteiger partial charge in [-0.15, -0.1) is 0 Å². The van der Waals surface area contributed by atoms with E-state index in [1.807, 2.05) is 38.1 Å². The average molecular weight is 369 g/mol. The van der Waals surface area contributed by atoms with E-state index >= 15 is 0 Å². The summed E-state index contributed by atoms with van der Waals surface area (Å²) in [6, 6.07) is 11.0. The molecule has 0 spiro atoms. The Bertz CT molecular complexity index is 913. The Hall–Kier alpha value is -2.50. The fraction of sp³-hybridized carbons (Fsp3) is 0.250. The van der Waals surface area contributed by atoms with Gasteiger partial charge in [-0.2, -0.15) is 0 Å². The second-order valence-electron chi connectivity index (χ2n) is 6.48. The lowest BCUT2D eigenvalue weighted by Crippen LogP contribution is -2.31. The molecule has 0 amide bonds. The van der Waals surface area contributed by atoms with Crippen molar-refractivity contribution in [1.29, 1.82) is 0 Å². The van der Waals surface area contributed by atoms with Crippen molar-refractivity contribution in [2.24, 2.45) is 0 Å². The van der Waals surface area contributed by atoms with Crippen molar-refractivity contribution in [3.8, 4) is 11.4 Å². The van der Waals surface area contributed by atoms with Crippen LogP contribution in [0.2, 0.25) is 5.02 Å². The van der Waals surface area contributed by atoms with Crippen LogP contribution in [0.25, 0.3) is 11.4 Å². The molecule has 3 aromatic rings. The standard InChI is InChI=1S/C20H21ClN4O/c1-13-14(2)24-19(15-7-9-22-10-8-15)25-18(13)23-12-20(3,26)16-5-4-6-17(21)11-16/h4-11,26H,12H2,1-3H3,(H,23,24,25). The number of benzene rings is 1. The fourth-order valence-corrected chi connectivity index (χ4v) is 2.80. The largest absolute Gasteiger partial charge is 0.384 e. The lowest BCUT2D eigenvalue weighted by atomic mass is 9.96. The highest BCUT2D eigenvalue weighted by Crippen LogP contribution is 2.26. The summed E-state index contributed by atoms with van der Waals surface area (Å²) in [5, 5.41) is 14.7. The van der Waals surface area contributed by atoms with Crippen LogP contribution in [0, 0.1) is 13.8 Å². The summed E-state index contributed by atoms with van der Waals surface area (Å²) >= 11 is 6.05. The third-order valence-electron chi connectivity index (χ3n) is 4.37. The number of aliphatic hydroxyl groups is 1. The molecule has 0 aliphatic carbocycles. The minimum Gasteiger partial charge on any atom is -0.384 e. The van der Waals surface area contributed by atoms with Gasteiger partial charge in [-0.05, 0) is 50.6 Å². The van der Waals surface area contributed by atoms with E-state index in [9.17, 15) is 5.11 Å². The first-order chi connectivity index (χ1) is 12.4. The second-order valence-corrected chi connectivity index (χ2v) is 6.92. The maximum atomic E-state index is 10.8. The van der Waals surface area contributed by atoms with Crippen LogP contribution in [-0.2, 0) is 5.60 Å². The van der Waals surface area contributed by atoms with Crippen molar-refractivity contribution >= 4 is 17.4 Å². The molecule has 0 aliphatic heterocycles. The molecule has 0 aliphatic rings. The van der Waals surface area contributed by atoms with Gasteiger partial charge in [0.15, 0.2) is 5.82 Å². The van der Waals surface area contributed by atoms with Crippen LogP contribution in [0.4, 0.5) is 5.82 Å². The first-order valence-corrected chi connectivity index (χ1v) is 8.72. The number of aromatic nitrogens is 3. The Balaban J connectivity index is 1.86. The number of hydrogen-bond acceptors (Lipinski definition) is 5. The number of aryl methyl sites for hydroxylation is 1. The molecule has 2 N–H and O–H groups in total. The Kier molecular flexibility index (Phi) is 5.20. The van der Waals surface area contributed by atoms with Crippen LogP contribution in [0.1, 0.15) is 23.7 Å². The fourth-order valence-electron chi connectivity index (χ4n) is 2.61. The smallest absolute Gasteiger partial charge is 0.161 e. The van der Waals surface area contributed by atoms with Crippen molar-refractivity contribution < 1.29 is 5.11 Å². The van der Waals surface area contributed by atoms with E-state index in [0.29, 0.717) is 23.2 Å². The number of nitrogens with zero attached hydrogens (tertiary/aromatic N) is 3. The Labute approximate surface area is 158 Å². The minimum absolute atomic E-state index is 0.292. The summed E-state index contributed by atoms with van der Waals surface area (Å²) in [6.45, 7) is 5.95. The van der Waals surface area contributed by atoms with Crippen molar-refractivity contribution in [3.05, 3.63) is 70.6 Å².